The average Bonchev–Trinajstić information content (AvgIpc) is 3.41. The first-order valence-electron chi connectivity index (χ1n) is 12.5. The fourth-order valence-corrected chi connectivity index (χ4v) is 4.86. The second-order valence-corrected chi connectivity index (χ2v) is 11.1. The second kappa shape index (κ2) is 12.4. The van der Waals surface area contributed by atoms with Crippen molar-refractivity contribution in [3.63, 3.8) is 0 Å². The van der Waals surface area contributed by atoms with Crippen molar-refractivity contribution in [1.82, 2.24) is 14.9 Å². The molecule has 2 heterocycles. The van der Waals surface area contributed by atoms with Gasteiger partial charge >= 0.3 is 5.63 Å². The molecule has 1 fully saturated rings. The molecule has 0 bridgehead atoms. The quantitative estimate of drug-likeness (QED) is 0.192. The molecule has 11 nitrogen and oxygen atoms in total. The van der Waals surface area contributed by atoms with Gasteiger partial charge in [0.25, 0.3) is 16.6 Å². The normalized spacial score (nSPS) is 16.6. The van der Waals surface area contributed by atoms with E-state index in [1.54, 1.807) is 26.2 Å². The van der Waals surface area contributed by atoms with Gasteiger partial charge in [-0.2, -0.15) is 8.42 Å². The fraction of sp³-hybridized carbons (Fsp3) is 0.423. The molecule has 2 unspecified atom stereocenters. The third-order valence-electron chi connectivity index (χ3n) is 6.43. The van der Waals surface area contributed by atoms with E-state index in [0.29, 0.717) is 29.9 Å². The Morgan fingerprint density at radius 2 is 2.03 bits per heavy atom. The van der Waals surface area contributed by atoms with E-state index in [2.05, 4.69) is 14.8 Å². The highest BCUT2D eigenvalue weighted by Crippen LogP contribution is 2.28. The van der Waals surface area contributed by atoms with Crippen molar-refractivity contribution in [2.24, 2.45) is 0 Å². The van der Waals surface area contributed by atoms with Gasteiger partial charge in [0.05, 0.1) is 11.8 Å². The van der Waals surface area contributed by atoms with Crippen LogP contribution in [0.15, 0.2) is 45.6 Å². The summed E-state index contributed by atoms with van der Waals surface area (Å²) >= 11 is 0. The zero-order chi connectivity index (χ0) is 28.2. The minimum absolute atomic E-state index is 0.0710. The molecule has 2 aromatic carbocycles. The van der Waals surface area contributed by atoms with Gasteiger partial charge in [-0.3, -0.25) is 9.62 Å². The molecule has 2 atom stereocenters. The van der Waals surface area contributed by atoms with Crippen molar-refractivity contribution in [3.05, 3.63) is 69.3 Å². The van der Waals surface area contributed by atoms with Crippen LogP contribution in [0.5, 0.6) is 5.75 Å². The monoisotopic (exact) mass is 564 g/mol. The Kier molecular flexibility index (Phi) is 9.20. The predicted molar refractivity (Wildman–Crippen MR) is 144 cm³/mol. The van der Waals surface area contributed by atoms with E-state index in [4.69, 9.17) is 13.9 Å². The summed E-state index contributed by atoms with van der Waals surface area (Å²) in [7, 11) is 0.556. The Hall–Kier alpha value is -3.07. The summed E-state index contributed by atoms with van der Waals surface area (Å²) in [5.41, 5.74) is 0.301. The summed E-state index contributed by atoms with van der Waals surface area (Å²) in [5.74, 6) is -0.496. The Balaban J connectivity index is 1.72. The van der Waals surface area contributed by atoms with Crippen molar-refractivity contribution >= 4 is 26.9 Å². The molecule has 0 spiro atoms. The summed E-state index contributed by atoms with van der Waals surface area (Å²) in [6.07, 6.45) is 0.670. The van der Waals surface area contributed by atoms with Gasteiger partial charge in [0.1, 0.15) is 11.3 Å². The maximum atomic E-state index is 15.3. The summed E-state index contributed by atoms with van der Waals surface area (Å²) in [6, 6.07) is 9.17. The van der Waals surface area contributed by atoms with Crippen LogP contribution >= 0.6 is 0 Å². The number of benzene rings is 2. The van der Waals surface area contributed by atoms with E-state index in [9.17, 15) is 18.3 Å². The van der Waals surface area contributed by atoms with Gasteiger partial charge in [0, 0.05) is 50.2 Å². The van der Waals surface area contributed by atoms with Crippen molar-refractivity contribution in [3.8, 4) is 5.75 Å². The lowest BCUT2D eigenvalue weighted by molar-refractivity contribution is -0.114. The number of anilines is 1. The molecule has 1 saturated heterocycles. The van der Waals surface area contributed by atoms with Crippen LogP contribution in [-0.4, -0.2) is 65.2 Å². The van der Waals surface area contributed by atoms with Gasteiger partial charge in [-0.15, -0.1) is 0 Å². The number of nitrogens with one attached hydrogen (secondary N) is 3. The molecule has 0 radical (unpaired) electrons. The van der Waals surface area contributed by atoms with Gasteiger partial charge in [-0.1, -0.05) is 12.1 Å². The van der Waals surface area contributed by atoms with Crippen LogP contribution < -0.4 is 25.1 Å². The topological polar surface area (TPSA) is 142 Å². The lowest BCUT2D eigenvalue weighted by atomic mass is 9.97. The van der Waals surface area contributed by atoms with Crippen LogP contribution in [0, 0.1) is 5.82 Å². The summed E-state index contributed by atoms with van der Waals surface area (Å²) in [6.45, 7) is 1.57. The number of aliphatic hydroxyl groups is 1. The first kappa shape index (κ1) is 28.9. The van der Waals surface area contributed by atoms with Gasteiger partial charge in [-0.25, -0.2) is 13.9 Å². The molecule has 1 aromatic heterocycles. The van der Waals surface area contributed by atoms with Gasteiger partial charge in [-0.05, 0) is 56.3 Å². The van der Waals surface area contributed by atoms with Crippen molar-refractivity contribution < 1.29 is 31.8 Å². The summed E-state index contributed by atoms with van der Waals surface area (Å²) in [4.78, 5) is 14.7. The molecule has 1 aliphatic rings. The van der Waals surface area contributed by atoms with E-state index < -0.39 is 28.1 Å². The number of aliphatic hydroxyl groups excluding tert-OH is 1. The first-order chi connectivity index (χ1) is 18.6. The SMILES string of the molecule is CNS(=O)(=O)Nc1cccc(Cc2c(CNCC3CCCO3)c3ccc(OC(O)N(C)C)cc3oc2=O)c1F. The Morgan fingerprint density at radius 1 is 1.23 bits per heavy atom. The molecule has 4 rings (SSSR count). The van der Waals surface area contributed by atoms with Crippen LogP contribution in [0.2, 0.25) is 0 Å². The third kappa shape index (κ3) is 7.12. The predicted octanol–water partition coefficient (Wildman–Crippen LogP) is 1.88. The number of nitrogens with zero attached hydrogens (tertiary/aromatic N) is 1. The second-order valence-electron chi connectivity index (χ2n) is 9.44. The van der Waals surface area contributed by atoms with Gasteiger partial charge < -0.3 is 24.3 Å². The lowest BCUT2D eigenvalue weighted by Crippen LogP contribution is -2.32. The number of ether oxygens (including phenoxy) is 2. The molecule has 13 heteroatoms. The van der Waals surface area contributed by atoms with Gasteiger partial charge in [0.2, 0.25) is 0 Å². The lowest BCUT2D eigenvalue weighted by Gasteiger charge is -2.20. The zero-order valence-electron chi connectivity index (χ0n) is 22.0. The minimum atomic E-state index is -3.94. The van der Waals surface area contributed by atoms with Crippen molar-refractivity contribution in [2.45, 2.75) is 38.3 Å². The van der Waals surface area contributed by atoms with E-state index in [1.807, 2.05) is 0 Å². The van der Waals surface area contributed by atoms with Crippen LogP contribution in [0.4, 0.5) is 10.1 Å². The number of halogens is 1. The van der Waals surface area contributed by atoms with E-state index in [0.717, 1.165) is 12.8 Å². The zero-order valence-corrected chi connectivity index (χ0v) is 22.8. The number of hydrogen-bond acceptors (Lipinski definition) is 9. The minimum Gasteiger partial charge on any atom is -0.451 e. The number of rotatable bonds is 12. The standard InChI is InChI=1S/C26H33FN4O7S/c1-28-39(34,35)30-22-8-4-6-16(24(22)27)12-20-21(15-29-14-18-7-5-11-36-18)19-10-9-17(37-26(33)31(2)3)13-23(19)38-25(20)32/h4,6,8-10,13,18,26,28-30,33H,5,7,11-12,14-15H2,1-3H3. The maximum Gasteiger partial charge on any atom is 0.340 e. The molecular formula is C26H33FN4O7S. The molecule has 0 aliphatic carbocycles. The Morgan fingerprint density at radius 3 is 2.72 bits per heavy atom. The molecule has 1 aliphatic heterocycles. The molecule has 0 amide bonds. The van der Waals surface area contributed by atoms with Crippen LogP contribution in [-0.2, 0) is 27.9 Å². The highest BCUT2D eigenvalue weighted by molar-refractivity contribution is 7.90. The molecular weight excluding hydrogens is 531 g/mol. The Labute approximate surface area is 226 Å². The number of fused-ring (bicyclic) bond motifs is 1. The fourth-order valence-electron chi connectivity index (χ4n) is 4.31. The van der Waals surface area contributed by atoms with Crippen molar-refractivity contribution in [1.29, 1.82) is 0 Å². The van der Waals surface area contributed by atoms with E-state index in [-0.39, 0.29) is 41.5 Å². The average molecular weight is 565 g/mol. The molecule has 3 aromatic rings. The molecule has 39 heavy (non-hydrogen) atoms. The Bertz CT molecular complexity index is 1470. The smallest absolute Gasteiger partial charge is 0.340 e. The summed E-state index contributed by atoms with van der Waals surface area (Å²) in [5, 5.41) is 14.0. The highest BCUT2D eigenvalue weighted by atomic mass is 32.2. The molecule has 212 valence electrons. The first-order valence-corrected chi connectivity index (χ1v) is 14.0. The van der Waals surface area contributed by atoms with Crippen LogP contribution in [0.25, 0.3) is 11.0 Å². The van der Waals surface area contributed by atoms with E-state index in [1.165, 1.54) is 36.2 Å². The molecule has 4 N–H and O–H groups in total. The highest BCUT2D eigenvalue weighted by Gasteiger charge is 2.21. The molecule has 0 saturated carbocycles. The summed E-state index contributed by atoms with van der Waals surface area (Å²) < 4.78 is 60.1. The van der Waals surface area contributed by atoms with Crippen molar-refractivity contribution in [2.75, 3.05) is 39.0 Å². The third-order valence-corrected chi connectivity index (χ3v) is 7.46. The van der Waals surface area contributed by atoms with Crippen LogP contribution in [0.3, 0.4) is 0 Å². The number of hydrogen-bond donors (Lipinski definition) is 4. The van der Waals surface area contributed by atoms with E-state index >= 15 is 4.39 Å². The largest absolute Gasteiger partial charge is 0.451 e. The van der Waals surface area contributed by atoms with Crippen LogP contribution in [0.1, 0.15) is 29.5 Å². The maximum absolute atomic E-state index is 15.3. The van der Waals surface area contributed by atoms with Gasteiger partial charge in [0.15, 0.2) is 5.82 Å².